The zero-order valence-electron chi connectivity index (χ0n) is 21.4. The van der Waals surface area contributed by atoms with Crippen molar-refractivity contribution in [3.05, 3.63) is 36.2 Å². The Kier molecular flexibility index (Phi) is 7.11. The molecule has 3 aliphatic rings. The van der Waals surface area contributed by atoms with Crippen LogP contribution in [0.1, 0.15) is 50.8 Å². The lowest BCUT2D eigenvalue weighted by atomic mass is 10.1. The fourth-order valence-corrected chi connectivity index (χ4v) is 5.62. The normalized spacial score (nSPS) is 23.6. The molecule has 1 aromatic carbocycles. The molecule has 3 atom stereocenters. The Morgan fingerprint density at radius 2 is 1.92 bits per heavy atom. The van der Waals surface area contributed by atoms with Crippen molar-refractivity contribution in [1.29, 1.82) is 0 Å². The van der Waals surface area contributed by atoms with Crippen LogP contribution in [-0.4, -0.2) is 69.7 Å². The highest BCUT2D eigenvalue weighted by Gasteiger charge is 2.33. The van der Waals surface area contributed by atoms with Crippen molar-refractivity contribution in [2.75, 3.05) is 31.2 Å². The smallest absolute Gasteiger partial charge is 0.296 e. The Labute approximate surface area is 223 Å². The maximum atomic E-state index is 14.1. The largest absolute Gasteiger partial charge is 0.474 e. The average molecular weight is 541 g/mol. The summed E-state index contributed by atoms with van der Waals surface area (Å²) >= 11 is 0. The first-order valence-electron chi connectivity index (χ1n) is 13.4. The average Bonchev–Trinajstić information content (AvgIpc) is 3.67. The van der Waals surface area contributed by atoms with Gasteiger partial charge in [-0.15, -0.1) is 0 Å². The van der Waals surface area contributed by atoms with Crippen LogP contribution < -0.4 is 15.0 Å². The first-order chi connectivity index (χ1) is 18.9. The number of nitrogens with zero attached hydrogens (tertiary/aromatic N) is 5. The summed E-state index contributed by atoms with van der Waals surface area (Å²) in [5.41, 5.74) is 0.958. The number of anilines is 1. The van der Waals surface area contributed by atoms with Crippen LogP contribution in [0.5, 0.6) is 5.88 Å². The number of amides is 1. The van der Waals surface area contributed by atoms with E-state index in [1.807, 2.05) is 4.90 Å². The van der Waals surface area contributed by atoms with Gasteiger partial charge in [-0.3, -0.25) is 14.2 Å². The van der Waals surface area contributed by atoms with Crippen LogP contribution in [-0.2, 0) is 14.3 Å². The minimum atomic E-state index is -2.81. The number of halogens is 2. The molecule has 0 radical (unpaired) electrons. The number of ketones is 1. The highest BCUT2D eigenvalue weighted by Crippen LogP contribution is 2.31. The molecule has 10 nitrogen and oxygen atoms in total. The molecule has 2 aromatic heterocycles. The Hall–Kier alpha value is -3.67. The molecule has 1 amide bonds. The van der Waals surface area contributed by atoms with E-state index in [2.05, 4.69) is 20.3 Å². The second kappa shape index (κ2) is 10.8. The summed E-state index contributed by atoms with van der Waals surface area (Å²) in [6.45, 7) is 2.15. The van der Waals surface area contributed by atoms with Gasteiger partial charge in [0, 0.05) is 50.4 Å². The van der Waals surface area contributed by atoms with E-state index in [1.54, 1.807) is 30.3 Å². The molecule has 0 spiro atoms. The maximum absolute atomic E-state index is 14.1. The predicted molar refractivity (Wildman–Crippen MR) is 137 cm³/mol. The van der Waals surface area contributed by atoms with Gasteiger partial charge >= 0.3 is 0 Å². The number of carbonyl (C=O) groups excluding carboxylic acids is 2. The van der Waals surface area contributed by atoms with Crippen molar-refractivity contribution >= 4 is 28.7 Å². The molecule has 2 unspecified atom stereocenters. The maximum Gasteiger partial charge on any atom is 0.296 e. The standard InChI is InChI=1S/C27H30F2N6O4/c28-24(29)25-31-20-3-1-2-4-21(20)35(25)22-15-23(33-27(32-22)34-9-11-38-12-10-34)39-19-8-6-17(14-19)30-26(37)16-5-7-18(36)13-16/h1-4,15-17,19,24H,5-14H2,(H,30,37)/t16-,17?,19?/m1/s1. The second-order valence-electron chi connectivity index (χ2n) is 10.3. The predicted octanol–water partition coefficient (Wildman–Crippen LogP) is 3.38. The first-order valence-corrected chi connectivity index (χ1v) is 13.4. The molecule has 3 fully saturated rings. The van der Waals surface area contributed by atoms with Gasteiger partial charge < -0.3 is 19.7 Å². The molecule has 1 aliphatic heterocycles. The van der Waals surface area contributed by atoms with Gasteiger partial charge in [-0.2, -0.15) is 9.97 Å². The molecule has 39 heavy (non-hydrogen) atoms. The molecule has 206 valence electrons. The lowest BCUT2D eigenvalue weighted by Gasteiger charge is -2.27. The van der Waals surface area contributed by atoms with Crippen molar-refractivity contribution < 1.29 is 27.8 Å². The third-order valence-electron chi connectivity index (χ3n) is 7.62. The summed E-state index contributed by atoms with van der Waals surface area (Å²) in [5.74, 6) is 0.320. The number of alkyl halides is 2. The number of imidazole rings is 1. The molecule has 3 heterocycles. The lowest BCUT2D eigenvalue weighted by molar-refractivity contribution is -0.127. The molecule has 2 saturated carbocycles. The third kappa shape index (κ3) is 5.42. The van der Waals surface area contributed by atoms with Crippen LogP contribution in [0.2, 0.25) is 0 Å². The topological polar surface area (TPSA) is 111 Å². The number of morpholine rings is 1. The molecule has 3 aromatic rings. The number of rotatable bonds is 7. The molecule has 0 bridgehead atoms. The quantitative estimate of drug-likeness (QED) is 0.486. The van der Waals surface area contributed by atoms with Crippen molar-refractivity contribution in [2.45, 2.75) is 57.1 Å². The molecule has 12 heteroatoms. The van der Waals surface area contributed by atoms with E-state index < -0.39 is 12.2 Å². The highest BCUT2D eigenvalue weighted by molar-refractivity contribution is 5.90. The van der Waals surface area contributed by atoms with Gasteiger partial charge in [0.2, 0.25) is 17.7 Å². The van der Waals surface area contributed by atoms with Gasteiger partial charge in [-0.05, 0) is 31.4 Å². The monoisotopic (exact) mass is 540 g/mol. The fraction of sp³-hybridized carbons (Fsp3) is 0.519. The van der Waals surface area contributed by atoms with E-state index in [0.29, 0.717) is 75.4 Å². The number of para-hydroxylation sites is 2. The Morgan fingerprint density at radius 1 is 1.10 bits per heavy atom. The van der Waals surface area contributed by atoms with Crippen LogP contribution in [0.25, 0.3) is 16.9 Å². The summed E-state index contributed by atoms with van der Waals surface area (Å²) in [4.78, 5) is 39.5. The number of nitrogens with one attached hydrogen (secondary N) is 1. The first kappa shape index (κ1) is 25.6. The van der Waals surface area contributed by atoms with Gasteiger partial charge in [0.1, 0.15) is 17.7 Å². The number of benzene rings is 1. The minimum Gasteiger partial charge on any atom is -0.474 e. The Bertz CT molecular complexity index is 1380. The number of fused-ring (bicyclic) bond motifs is 1. The summed E-state index contributed by atoms with van der Waals surface area (Å²) < 4.78 is 41.3. The van der Waals surface area contributed by atoms with E-state index in [9.17, 15) is 18.4 Å². The van der Waals surface area contributed by atoms with Crippen molar-refractivity contribution in [3.63, 3.8) is 0 Å². The number of carbonyl (C=O) groups is 2. The molecule has 2 aliphatic carbocycles. The summed E-state index contributed by atoms with van der Waals surface area (Å²) in [5, 5.41) is 3.07. The van der Waals surface area contributed by atoms with Crippen molar-refractivity contribution in [3.8, 4) is 11.7 Å². The fourth-order valence-electron chi connectivity index (χ4n) is 5.62. The lowest BCUT2D eigenvalue weighted by Crippen LogP contribution is -2.38. The van der Waals surface area contributed by atoms with Gasteiger partial charge in [0.25, 0.3) is 6.43 Å². The van der Waals surface area contributed by atoms with Crippen LogP contribution in [0.15, 0.2) is 30.3 Å². The highest BCUT2D eigenvalue weighted by atomic mass is 19.3. The van der Waals surface area contributed by atoms with Crippen molar-refractivity contribution in [2.24, 2.45) is 5.92 Å². The van der Waals surface area contributed by atoms with E-state index in [1.165, 1.54) is 4.57 Å². The van der Waals surface area contributed by atoms with Crippen LogP contribution in [0, 0.1) is 5.92 Å². The van der Waals surface area contributed by atoms with Crippen LogP contribution >= 0.6 is 0 Å². The van der Waals surface area contributed by atoms with Gasteiger partial charge in [0.05, 0.1) is 24.2 Å². The zero-order valence-corrected chi connectivity index (χ0v) is 21.4. The Balaban J connectivity index is 1.26. The molecule has 6 rings (SSSR count). The molecule has 1 saturated heterocycles. The van der Waals surface area contributed by atoms with Crippen LogP contribution in [0.4, 0.5) is 14.7 Å². The third-order valence-corrected chi connectivity index (χ3v) is 7.62. The summed E-state index contributed by atoms with van der Waals surface area (Å²) in [6, 6.07) is 8.45. The van der Waals surface area contributed by atoms with Gasteiger partial charge in [-0.1, -0.05) is 12.1 Å². The molecular formula is C27H30F2N6O4. The second-order valence-corrected chi connectivity index (χ2v) is 10.3. The number of ether oxygens (including phenoxy) is 2. The van der Waals surface area contributed by atoms with E-state index in [-0.39, 0.29) is 41.5 Å². The van der Waals surface area contributed by atoms with Gasteiger partial charge in [0.15, 0.2) is 5.82 Å². The summed E-state index contributed by atoms with van der Waals surface area (Å²) in [7, 11) is 0. The number of aromatic nitrogens is 4. The number of Topliss-reactive ketones (excluding diaryl/α,β-unsaturated/α-hetero) is 1. The van der Waals surface area contributed by atoms with Gasteiger partial charge in [-0.25, -0.2) is 13.8 Å². The van der Waals surface area contributed by atoms with Crippen molar-refractivity contribution in [1.82, 2.24) is 24.8 Å². The molecular weight excluding hydrogens is 510 g/mol. The molecule has 1 N–H and O–H groups in total. The Morgan fingerprint density at radius 3 is 2.69 bits per heavy atom. The van der Waals surface area contributed by atoms with Crippen LogP contribution in [0.3, 0.4) is 0 Å². The minimum absolute atomic E-state index is 0.0544. The van der Waals surface area contributed by atoms with E-state index in [4.69, 9.17) is 9.47 Å². The van der Waals surface area contributed by atoms with E-state index >= 15 is 0 Å². The SMILES string of the molecule is O=C1CC[C@@H](C(=O)NC2CCC(Oc3cc(-n4c(C(F)F)nc5ccccc54)nc(N4CCOCC4)n3)C2)C1. The summed E-state index contributed by atoms with van der Waals surface area (Å²) in [6.07, 6.45) is 0.409. The van der Waals surface area contributed by atoms with E-state index in [0.717, 1.165) is 6.42 Å². The number of hydrogen-bond acceptors (Lipinski definition) is 8. The zero-order chi connectivity index (χ0) is 26.9. The number of hydrogen-bond donors (Lipinski definition) is 1.